The van der Waals surface area contributed by atoms with Gasteiger partial charge in [0.25, 0.3) is 0 Å². The van der Waals surface area contributed by atoms with Gasteiger partial charge in [0.15, 0.2) is 0 Å². The minimum atomic E-state index is -0.355. The lowest BCUT2D eigenvalue weighted by molar-refractivity contribution is -0.130. The van der Waals surface area contributed by atoms with E-state index in [9.17, 15) is 14.0 Å². The predicted octanol–water partition coefficient (Wildman–Crippen LogP) is 4.05. The molecule has 28 heavy (non-hydrogen) atoms. The van der Waals surface area contributed by atoms with Crippen molar-refractivity contribution in [3.8, 4) is 0 Å². The maximum atomic E-state index is 13.8. The molecule has 6 heteroatoms. The Morgan fingerprint density at radius 3 is 2.21 bits per heavy atom. The number of benzene rings is 2. The van der Waals surface area contributed by atoms with Gasteiger partial charge >= 0.3 is 0 Å². The molecule has 0 aliphatic rings. The Hall–Kier alpha value is -2.89. The molecule has 0 bridgehead atoms. The second kappa shape index (κ2) is 10.4. The van der Waals surface area contributed by atoms with Crippen LogP contribution in [0.1, 0.15) is 32.8 Å². The van der Waals surface area contributed by atoms with Crippen molar-refractivity contribution in [2.75, 3.05) is 29.9 Å². The Morgan fingerprint density at radius 2 is 1.64 bits per heavy atom. The Labute approximate surface area is 166 Å². The van der Waals surface area contributed by atoms with Crippen LogP contribution in [0.15, 0.2) is 48.5 Å². The van der Waals surface area contributed by atoms with Crippen molar-refractivity contribution < 1.29 is 14.0 Å². The van der Waals surface area contributed by atoms with E-state index in [-0.39, 0.29) is 37.1 Å². The first-order valence-corrected chi connectivity index (χ1v) is 9.58. The van der Waals surface area contributed by atoms with E-state index < -0.39 is 0 Å². The second-order valence-corrected chi connectivity index (χ2v) is 6.55. The smallest absolute Gasteiger partial charge is 0.226 e. The first-order chi connectivity index (χ1) is 13.4. The highest BCUT2D eigenvalue weighted by molar-refractivity contribution is 5.91. The summed E-state index contributed by atoms with van der Waals surface area (Å²) in [7, 11) is 0. The van der Waals surface area contributed by atoms with Crippen LogP contribution in [-0.2, 0) is 16.1 Å². The summed E-state index contributed by atoms with van der Waals surface area (Å²) in [6.45, 7) is 7.84. The van der Waals surface area contributed by atoms with Gasteiger partial charge in [-0.3, -0.25) is 9.59 Å². The standard InChI is InChI=1S/C22H28FN3O2/c1-4-25(5-2)20-12-10-19(11-13-20)24-22(28)14-15-26(17(3)27)16-18-8-6-7-9-21(18)23/h6-13H,4-5,14-16H2,1-3H3,(H,24,28). The summed E-state index contributed by atoms with van der Waals surface area (Å²) in [5.74, 6) is -0.735. The monoisotopic (exact) mass is 385 g/mol. The van der Waals surface area contributed by atoms with Gasteiger partial charge in [-0.05, 0) is 44.2 Å². The molecule has 0 atom stereocenters. The highest BCUT2D eigenvalue weighted by atomic mass is 19.1. The quantitative estimate of drug-likeness (QED) is 0.709. The molecule has 5 nitrogen and oxygen atoms in total. The molecular formula is C22H28FN3O2. The summed E-state index contributed by atoms with van der Waals surface area (Å²) in [5.41, 5.74) is 2.25. The van der Waals surface area contributed by atoms with E-state index in [4.69, 9.17) is 0 Å². The van der Waals surface area contributed by atoms with Gasteiger partial charge in [-0.15, -0.1) is 0 Å². The van der Waals surface area contributed by atoms with Crippen LogP contribution in [0.25, 0.3) is 0 Å². The van der Waals surface area contributed by atoms with Crippen molar-refractivity contribution in [2.45, 2.75) is 33.7 Å². The molecule has 0 aliphatic carbocycles. The van der Waals surface area contributed by atoms with Gasteiger partial charge in [-0.1, -0.05) is 18.2 Å². The van der Waals surface area contributed by atoms with Crippen molar-refractivity contribution in [1.29, 1.82) is 0 Å². The molecule has 2 aromatic rings. The summed E-state index contributed by atoms with van der Waals surface area (Å²) in [4.78, 5) is 27.8. The number of carbonyl (C=O) groups excluding carboxylic acids is 2. The highest BCUT2D eigenvalue weighted by Gasteiger charge is 2.14. The van der Waals surface area contributed by atoms with Crippen LogP contribution in [0.3, 0.4) is 0 Å². The summed E-state index contributed by atoms with van der Waals surface area (Å²) in [5, 5.41) is 2.84. The average molecular weight is 385 g/mol. The Bertz CT molecular complexity index is 789. The summed E-state index contributed by atoms with van der Waals surface area (Å²) < 4.78 is 13.8. The molecule has 150 valence electrons. The molecule has 0 radical (unpaired) electrons. The van der Waals surface area contributed by atoms with Crippen molar-refractivity contribution in [3.63, 3.8) is 0 Å². The largest absolute Gasteiger partial charge is 0.372 e. The molecule has 0 heterocycles. The number of carbonyl (C=O) groups is 2. The zero-order valence-corrected chi connectivity index (χ0v) is 16.7. The molecule has 1 N–H and O–H groups in total. The predicted molar refractivity (Wildman–Crippen MR) is 111 cm³/mol. The van der Waals surface area contributed by atoms with Gasteiger partial charge in [-0.2, -0.15) is 0 Å². The molecule has 0 unspecified atom stereocenters. The molecule has 2 rings (SSSR count). The topological polar surface area (TPSA) is 52.7 Å². The third-order valence-corrected chi connectivity index (χ3v) is 4.65. The maximum Gasteiger partial charge on any atom is 0.226 e. The van der Waals surface area contributed by atoms with Gasteiger partial charge in [0, 0.05) is 56.5 Å². The van der Waals surface area contributed by atoms with Crippen LogP contribution >= 0.6 is 0 Å². The number of hydrogen-bond donors (Lipinski definition) is 1. The zero-order valence-electron chi connectivity index (χ0n) is 16.7. The molecule has 0 aliphatic heterocycles. The summed E-state index contributed by atoms with van der Waals surface area (Å²) in [6.07, 6.45) is 0.145. The van der Waals surface area contributed by atoms with Crippen molar-refractivity contribution in [1.82, 2.24) is 4.90 Å². The maximum absolute atomic E-state index is 13.8. The molecule has 2 aromatic carbocycles. The van der Waals surface area contributed by atoms with Crippen LogP contribution in [0.2, 0.25) is 0 Å². The minimum absolute atomic E-state index is 0.145. The fourth-order valence-corrected chi connectivity index (χ4v) is 2.98. The molecule has 2 amide bonds. The Morgan fingerprint density at radius 1 is 1.00 bits per heavy atom. The first kappa shape index (κ1) is 21.4. The first-order valence-electron chi connectivity index (χ1n) is 9.58. The fraction of sp³-hybridized carbons (Fsp3) is 0.364. The minimum Gasteiger partial charge on any atom is -0.372 e. The van der Waals surface area contributed by atoms with Gasteiger partial charge in [0.1, 0.15) is 5.82 Å². The van der Waals surface area contributed by atoms with E-state index in [1.807, 2.05) is 24.3 Å². The van der Waals surface area contributed by atoms with Crippen molar-refractivity contribution in [3.05, 3.63) is 59.9 Å². The number of nitrogens with one attached hydrogen (secondary N) is 1. The van der Waals surface area contributed by atoms with Crippen LogP contribution < -0.4 is 10.2 Å². The molecule has 0 saturated heterocycles. The third-order valence-electron chi connectivity index (χ3n) is 4.65. The van der Waals surface area contributed by atoms with Crippen molar-refractivity contribution >= 4 is 23.2 Å². The number of halogens is 1. The van der Waals surface area contributed by atoms with E-state index in [0.29, 0.717) is 11.3 Å². The van der Waals surface area contributed by atoms with E-state index in [1.54, 1.807) is 18.2 Å². The Kier molecular flexibility index (Phi) is 7.99. The van der Waals surface area contributed by atoms with Gasteiger partial charge in [0.2, 0.25) is 11.8 Å². The number of hydrogen-bond acceptors (Lipinski definition) is 3. The lowest BCUT2D eigenvalue weighted by atomic mass is 10.2. The van der Waals surface area contributed by atoms with Crippen LogP contribution in [-0.4, -0.2) is 36.3 Å². The lowest BCUT2D eigenvalue weighted by Gasteiger charge is -2.22. The number of anilines is 2. The van der Waals surface area contributed by atoms with Gasteiger partial charge < -0.3 is 15.1 Å². The number of amides is 2. The summed E-state index contributed by atoms with van der Waals surface area (Å²) >= 11 is 0. The summed E-state index contributed by atoms with van der Waals surface area (Å²) in [6, 6.07) is 14.0. The normalized spacial score (nSPS) is 10.4. The van der Waals surface area contributed by atoms with Crippen molar-refractivity contribution in [2.24, 2.45) is 0 Å². The zero-order chi connectivity index (χ0) is 20.5. The molecular weight excluding hydrogens is 357 g/mol. The Balaban J connectivity index is 1.90. The van der Waals surface area contributed by atoms with Gasteiger partial charge in [-0.25, -0.2) is 4.39 Å². The van der Waals surface area contributed by atoms with Crippen LogP contribution in [0, 0.1) is 5.82 Å². The number of nitrogens with zero attached hydrogens (tertiary/aromatic N) is 2. The molecule has 0 spiro atoms. The van der Waals surface area contributed by atoms with Crippen LogP contribution in [0.4, 0.5) is 15.8 Å². The van der Waals surface area contributed by atoms with E-state index >= 15 is 0 Å². The molecule has 0 fully saturated rings. The highest BCUT2D eigenvalue weighted by Crippen LogP contribution is 2.18. The van der Waals surface area contributed by atoms with E-state index in [1.165, 1.54) is 17.9 Å². The SMILES string of the molecule is CCN(CC)c1ccc(NC(=O)CCN(Cc2ccccc2F)C(C)=O)cc1. The molecule has 0 aromatic heterocycles. The van der Waals surface area contributed by atoms with Gasteiger partial charge in [0.05, 0.1) is 0 Å². The third kappa shape index (κ3) is 6.08. The average Bonchev–Trinajstić information content (AvgIpc) is 2.68. The number of rotatable bonds is 9. The lowest BCUT2D eigenvalue weighted by Crippen LogP contribution is -2.31. The van der Waals surface area contributed by atoms with E-state index in [2.05, 4.69) is 24.1 Å². The van der Waals surface area contributed by atoms with E-state index in [0.717, 1.165) is 18.8 Å². The molecule has 0 saturated carbocycles. The second-order valence-electron chi connectivity index (χ2n) is 6.55. The van der Waals surface area contributed by atoms with Crippen LogP contribution in [0.5, 0.6) is 0 Å². The fourth-order valence-electron chi connectivity index (χ4n) is 2.98.